The fourth-order valence-electron chi connectivity index (χ4n) is 1.50. The van der Waals surface area contributed by atoms with Crippen molar-refractivity contribution in [2.24, 2.45) is 0 Å². The van der Waals surface area contributed by atoms with Crippen molar-refractivity contribution in [2.45, 2.75) is 18.8 Å². The normalized spacial score (nSPS) is 28.5. The van der Waals surface area contributed by atoms with Crippen LogP contribution in [0.25, 0.3) is 0 Å². The average molecular weight is 154 g/mol. The van der Waals surface area contributed by atoms with Crippen LogP contribution in [0.1, 0.15) is 17.3 Å². The van der Waals surface area contributed by atoms with Crippen LogP contribution in [0.4, 0.5) is 8.78 Å². The zero-order valence-electron chi connectivity index (χ0n) is 5.93. The second kappa shape index (κ2) is 2.29. The monoisotopic (exact) mass is 154 g/mol. The van der Waals surface area contributed by atoms with E-state index in [1.807, 2.05) is 6.07 Å². The zero-order valence-corrected chi connectivity index (χ0v) is 5.93. The number of alkyl halides is 2. The predicted molar refractivity (Wildman–Crippen MR) is 38.9 cm³/mol. The van der Waals surface area contributed by atoms with Crippen LogP contribution in [-0.2, 0) is 6.42 Å². The molecule has 0 amide bonds. The molecular formula is C9H8F2. The third kappa shape index (κ3) is 0.934. The quantitative estimate of drug-likeness (QED) is 0.538. The summed E-state index contributed by atoms with van der Waals surface area (Å²) in [5.41, 5.74) is 1.34. The Balaban J connectivity index is 2.47. The van der Waals surface area contributed by atoms with Gasteiger partial charge in [0, 0.05) is 6.42 Å². The van der Waals surface area contributed by atoms with Crippen molar-refractivity contribution in [1.29, 1.82) is 0 Å². The second-order valence-corrected chi connectivity index (χ2v) is 2.82. The van der Waals surface area contributed by atoms with Gasteiger partial charge in [-0.3, -0.25) is 0 Å². The molecule has 0 spiro atoms. The summed E-state index contributed by atoms with van der Waals surface area (Å²) in [6.07, 6.45) is -2.49. The highest BCUT2D eigenvalue weighted by atomic mass is 19.2. The Morgan fingerprint density at radius 2 is 1.91 bits per heavy atom. The molecule has 0 saturated heterocycles. The summed E-state index contributed by atoms with van der Waals surface area (Å²) >= 11 is 0. The molecule has 1 aromatic rings. The highest BCUT2D eigenvalue weighted by Gasteiger charge is 2.31. The largest absolute Gasteiger partial charge is 0.244 e. The fourth-order valence-corrected chi connectivity index (χ4v) is 1.50. The van der Waals surface area contributed by atoms with Gasteiger partial charge in [-0.1, -0.05) is 24.3 Å². The average Bonchev–Trinajstić information content (AvgIpc) is 2.30. The molecule has 2 heteroatoms. The van der Waals surface area contributed by atoms with Gasteiger partial charge < -0.3 is 0 Å². The van der Waals surface area contributed by atoms with Gasteiger partial charge in [-0.15, -0.1) is 0 Å². The van der Waals surface area contributed by atoms with Crippen LogP contribution in [0.2, 0.25) is 0 Å². The standard InChI is InChI=1S/C9H8F2/c10-8-5-6-3-1-2-4-7(6)9(8)11/h1-4,8-9H,5H2/t8-,9+/m0/s1. The van der Waals surface area contributed by atoms with Gasteiger partial charge in [-0.2, -0.15) is 0 Å². The molecule has 0 saturated carbocycles. The van der Waals surface area contributed by atoms with Crippen molar-refractivity contribution in [3.63, 3.8) is 0 Å². The molecule has 1 aliphatic rings. The molecular weight excluding hydrogens is 146 g/mol. The van der Waals surface area contributed by atoms with Crippen molar-refractivity contribution >= 4 is 0 Å². The van der Waals surface area contributed by atoms with E-state index in [-0.39, 0.29) is 6.42 Å². The topological polar surface area (TPSA) is 0 Å². The van der Waals surface area contributed by atoms with Crippen LogP contribution in [0.3, 0.4) is 0 Å². The van der Waals surface area contributed by atoms with Crippen molar-refractivity contribution < 1.29 is 8.78 Å². The van der Waals surface area contributed by atoms with Crippen LogP contribution in [0.5, 0.6) is 0 Å². The van der Waals surface area contributed by atoms with E-state index in [9.17, 15) is 8.78 Å². The molecule has 0 N–H and O–H groups in total. The van der Waals surface area contributed by atoms with Gasteiger partial charge in [0.15, 0.2) is 6.17 Å². The summed E-state index contributed by atoms with van der Waals surface area (Å²) in [7, 11) is 0. The van der Waals surface area contributed by atoms with Gasteiger partial charge in [0.25, 0.3) is 0 Å². The minimum atomic E-state index is -1.40. The van der Waals surface area contributed by atoms with Gasteiger partial charge in [0.1, 0.15) is 6.17 Å². The van der Waals surface area contributed by atoms with Gasteiger partial charge in [-0.05, 0) is 11.1 Å². The highest BCUT2D eigenvalue weighted by molar-refractivity contribution is 5.35. The third-order valence-electron chi connectivity index (χ3n) is 2.08. The Morgan fingerprint density at radius 3 is 2.64 bits per heavy atom. The molecule has 0 nitrogen and oxygen atoms in total. The number of fused-ring (bicyclic) bond motifs is 1. The maximum atomic E-state index is 12.9. The summed E-state index contributed by atoms with van der Waals surface area (Å²) in [4.78, 5) is 0. The Morgan fingerprint density at radius 1 is 1.18 bits per heavy atom. The molecule has 11 heavy (non-hydrogen) atoms. The van der Waals surface area contributed by atoms with Crippen molar-refractivity contribution in [2.75, 3.05) is 0 Å². The summed E-state index contributed by atoms with van der Waals surface area (Å²) < 4.78 is 25.7. The fraction of sp³-hybridized carbons (Fsp3) is 0.333. The number of halogens is 2. The lowest BCUT2D eigenvalue weighted by molar-refractivity contribution is 0.187. The second-order valence-electron chi connectivity index (χ2n) is 2.82. The van der Waals surface area contributed by atoms with E-state index in [2.05, 4.69) is 0 Å². The zero-order chi connectivity index (χ0) is 7.84. The highest BCUT2D eigenvalue weighted by Crippen LogP contribution is 2.35. The maximum Gasteiger partial charge on any atom is 0.157 e. The Hall–Kier alpha value is -0.920. The van der Waals surface area contributed by atoms with Crippen molar-refractivity contribution in [3.05, 3.63) is 35.4 Å². The summed E-state index contributed by atoms with van der Waals surface area (Å²) in [6.45, 7) is 0. The van der Waals surface area contributed by atoms with E-state index in [0.717, 1.165) is 5.56 Å². The summed E-state index contributed by atoms with van der Waals surface area (Å²) in [5.74, 6) is 0. The first-order chi connectivity index (χ1) is 5.29. The van der Waals surface area contributed by atoms with Gasteiger partial charge in [0.2, 0.25) is 0 Å². The van der Waals surface area contributed by atoms with Crippen LogP contribution in [0.15, 0.2) is 24.3 Å². The molecule has 0 aliphatic heterocycles. The van der Waals surface area contributed by atoms with Crippen LogP contribution in [0, 0.1) is 0 Å². The number of benzene rings is 1. The van der Waals surface area contributed by atoms with E-state index in [1.165, 1.54) is 0 Å². The molecule has 0 aromatic heterocycles. The molecule has 0 unspecified atom stereocenters. The molecule has 0 heterocycles. The SMILES string of the molecule is F[C@@H]1c2ccccc2C[C@@H]1F. The number of hydrogen-bond acceptors (Lipinski definition) is 0. The smallest absolute Gasteiger partial charge is 0.157 e. The Bertz CT molecular complexity index is 270. The van der Waals surface area contributed by atoms with E-state index in [4.69, 9.17) is 0 Å². The molecule has 0 fully saturated rings. The first-order valence-corrected chi connectivity index (χ1v) is 3.65. The minimum Gasteiger partial charge on any atom is -0.244 e. The van der Waals surface area contributed by atoms with Crippen LogP contribution in [-0.4, -0.2) is 6.17 Å². The minimum absolute atomic E-state index is 0.233. The van der Waals surface area contributed by atoms with E-state index < -0.39 is 12.3 Å². The summed E-state index contributed by atoms with van der Waals surface area (Å²) in [6, 6.07) is 6.98. The third-order valence-corrected chi connectivity index (χ3v) is 2.08. The van der Waals surface area contributed by atoms with E-state index >= 15 is 0 Å². The Kier molecular flexibility index (Phi) is 1.41. The molecule has 0 bridgehead atoms. The number of rotatable bonds is 0. The molecule has 1 aliphatic carbocycles. The lowest BCUT2D eigenvalue weighted by atomic mass is 10.1. The predicted octanol–water partition coefficient (Wildman–Crippen LogP) is 2.59. The van der Waals surface area contributed by atoms with Gasteiger partial charge in [0.05, 0.1) is 0 Å². The molecule has 2 rings (SSSR count). The lowest BCUT2D eigenvalue weighted by Gasteiger charge is -2.00. The Labute approximate surface area is 63.9 Å². The van der Waals surface area contributed by atoms with Crippen LogP contribution < -0.4 is 0 Å². The molecule has 2 atom stereocenters. The molecule has 0 radical (unpaired) electrons. The molecule has 1 aromatic carbocycles. The first kappa shape index (κ1) is 6.77. The van der Waals surface area contributed by atoms with Gasteiger partial charge in [-0.25, -0.2) is 8.78 Å². The first-order valence-electron chi connectivity index (χ1n) is 3.65. The van der Waals surface area contributed by atoms with Crippen LogP contribution >= 0.6 is 0 Å². The van der Waals surface area contributed by atoms with E-state index in [1.54, 1.807) is 18.2 Å². The van der Waals surface area contributed by atoms with Gasteiger partial charge >= 0.3 is 0 Å². The van der Waals surface area contributed by atoms with Crippen molar-refractivity contribution in [3.8, 4) is 0 Å². The maximum absolute atomic E-state index is 12.9. The van der Waals surface area contributed by atoms with Crippen molar-refractivity contribution in [1.82, 2.24) is 0 Å². The molecule has 58 valence electrons. The summed E-state index contributed by atoms with van der Waals surface area (Å²) in [5, 5.41) is 0. The number of hydrogen-bond donors (Lipinski definition) is 0. The van der Waals surface area contributed by atoms with E-state index in [0.29, 0.717) is 5.56 Å². The lowest BCUT2D eigenvalue weighted by Crippen LogP contribution is -2.01.